The summed E-state index contributed by atoms with van der Waals surface area (Å²) in [6.07, 6.45) is 18.5. The van der Waals surface area contributed by atoms with Crippen LogP contribution in [0.2, 0.25) is 0 Å². The van der Waals surface area contributed by atoms with Crippen molar-refractivity contribution in [3.8, 4) is 0 Å². The Labute approximate surface area is 175 Å². The molecule has 0 fully saturated rings. The Morgan fingerprint density at radius 1 is 0.966 bits per heavy atom. The lowest BCUT2D eigenvalue weighted by molar-refractivity contribution is -0.384. The van der Waals surface area contributed by atoms with Crippen LogP contribution in [0.4, 0.5) is 5.69 Å². The normalized spacial score (nSPS) is 11.1. The average molecular weight is 404 g/mol. The summed E-state index contributed by atoms with van der Waals surface area (Å²) < 4.78 is 0. The van der Waals surface area contributed by atoms with Gasteiger partial charge in [-0.25, -0.2) is 5.43 Å². The first-order valence-corrected chi connectivity index (χ1v) is 11.2. The number of non-ortho nitro benzene ring substituents is 1. The van der Waals surface area contributed by atoms with Crippen molar-refractivity contribution in [3.63, 3.8) is 0 Å². The third-order valence-corrected chi connectivity index (χ3v) is 4.99. The van der Waals surface area contributed by atoms with E-state index in [0.717, 1.165) is 12.8 Å². The highest BCUT2D eigenvalue weighted by Gasteiger charge is 2.04. The Bertz CT molecular complexity index is 617. The second kappa shape index (κ2) is 16.7. The molecule has 0 atom stereocenters. The maximum Gasteiger partial charge on any atom is 0.270 e. The third kappa shape index (κ3) is 13.6. The number of amides is 1. The second-order valence-corrected chi connectivity index (χ2v) is 7.64. The number of nitro groups is 1. The number of rotatable bonds is 17. The van der Waals surface area contributed by atoms with Gasteiger partial charge in [-0.15, -0.1) is 0 Å². The van der Waals surface area contributed by atoms with Gasteiger partial charge in [0.2, 0.25) is 5.91 Å². The van der Waals surface area contributed by atoms with Crippen molar-refractivity contribution in [2.45, 2.75) is 96.8 Å². The maximum atomic E-state index is 11.8. The van der Waals surface area contributed by atoms with E-state index in [4.69, 9.17) is 0 Å². The van der Waals surface area contributed by atoms with Crippen LogP contribution < -0.4 is 5.43 Å². The number of unbranched alkanes of at least 4 members (excludes halogenated alkanes) is 12. The third-order valence-electron chi connectivity index (χ3n) is 4.99. The van der Waals surface area contributed by atoms with Crippen molar-refractivity contribution >= 4 is 17.8 Å². The fourth-order valence-electron chi connectivity index (χ4n) is 3.26. The molecular weight excluding hydrogens is 366 g/mol. The smallest absolute Gasteiger partial charge is 0.270 e. The van der Waals surface area contributed by atoms with Crippen LogP contribution in [0, 0.1) is 10.1 Å². The molecule has 0 radical (unpaired) electrons. The topological polar surface area (TPSA) is 84.6 Å². The van der Waals surface area contributed by atoms with Crippen molar-refractivity contribution < 1.29 is 9.72 Å². The molecule has 0 aliphatic carbocycles. The first-order valence-electron chi connectivity index (χ1n) is 11.2. The number of nitrogens with zero attached hydrogens (tertiary/aromatic N) is 2. The van der Waals surface area contributed by atoms with Gasteiger partial charge in [0.1, 0.15) is 0 Å². The summed E-state index contributed by atoms with van der Waals surface area (Å²) >= 11 is 0. The number of hydrazone groups is 1. The summed E-state index contributed by atoms with van der Waals surface area (Å²) in [6, 6.07) is 6.14. The fourth-order valence-corrected chi connectivity index (χ4v) is 3.26. The van der Waals surface area contributed by atoms with E-state index in [1.54, 1.807) is 12.1 Å². The van der Waals surface area contributed by atoms with Gasteiger partial charge in [0.15, 0.2) is 0 Å². The number of nitrogens with one attached hydrogen (secondary N) is 1. The minimum Gasteiger partial charge on any atom is -0.273 e. The number of carbonyl (C=O) groups is 1. The Kier molecular flexibility index (Phi) is 14.3. The van der Waals surface area contributed by atoms with Gasteiger partial charge < -0.3 is 0 Å². The van der Waals surface area contributed by atoms with Crippen LogP contribution in [-0.4, -0.2) is 17.0 Å². The Hall–Kier alpha value is -2.24. The number of nitro benzene ring substituents is 1. The van der Waals surface area contributed by atoms with Crippen molar-refractivity contribution in [2.75, 3.05) is 0 Å². The summed E-state index contributed by atoms with van der Waals surface area (Å²) in [5.41, 5.74) is 3.07. The van der Waals surface area contributed by atoms with Crippen molar-refractivity contribution in [1.82, 2.24) is 5.43 Å². The molecule has 0 aliphatic rings. The number of hydrogen-bond acceptors (Lipinski definition) is 4. The van der Waals surface area contributed by atoms with Crippen LogP contribution >= 0.6 is 0 Å². The van der Waals surface area contributed by atoms with E-state index >= 15 is 0 Å². The number of hydrogen-bond donors (Lipinski definition) is 1. The number of benzene rings is 1. The summed E-state index contributed by atoms with van der Waals surface area (Å²) in [5, 5.41) is 14.6. The zero-order valence-corrected chi connectivity index (χ0v) is 17.9. The quantitative estimate of drug-likeness (QED) is 0.139. The van der Waals surface area contributed by atoms with Gasteiger partial charge in [-0.05, 0) is 6.42 Å². The predicted octanol–water partition coefficient (Wildman–Crippen LogP) is 6.53. The van der Waals surface area contributed by atoms with Gasteiger partial charge in [0, 0.05) is 24.1 Å². The van der Waals surface area contributed by atoms with Gasteiger partial charge >= 0.3 is 0 Å². The molecule has 0 unspecified atom stereocenters. The molecular formula is C23H37N3O3. The molecule has 1 rings (SSSR count). The molecule has 6 heteroatoms. The molecule has 29 heavy (non-hydrogen) atoms. The predicted molar refractivity (Wildman–Crippen MR) is 119 cm³/mol. The zero-order valence-electron chi connectivity index (χ0n) is 17.9. The lowest BCUT2D eigenvalue weighted by Crippen LogP contribution is -2.16. The Morgan fingerprint density at radius 2 is 1.52 bits per heavy atom. The van der Waals surface area contributed by atoms with Crippen LogP contribution in [0.25, 0.3) is 0 Å². The standard InChI is InChI=1S/C23H37N3O3/c1-2-3-4-5-6-7-8-9-10-11-12-13-14-18-23(27)25-24-20-21-16-15-17-22(19-21)26(28)29/h15-17,19-20H,2-14,18H2,1H3,(H,25,27). The van der Waals surface area contributed by atoms with Crippen LogP contribution in [0.15, 0.2) is 29.4 Å². The van der Waals surface area contributed by atoms with E-state index < -0.39 is 4.92 Å². The van der Waals surface area contributed by atoms with E-state index in [0.29, 0.717) is 12.0 Å². The van der Waals surface area contributed by atoms with Crippen LogP contribution in [0.5, 0.6) is 0 Å². The molecule has 0 saturated heterocycles. The largest absolute Gasteiger partial charge is 0.273 e. The summed E-state index contributed by atoms with van der Waals surface area (Å²) in [7, 11) is 0. The molecule has 0 aliphatic heterocycles. The average Bonchev–Trinajstić information content (AvgIpc) is 2.71. The highest BCUT2D eigenvalue weighted by Crippen LogP contribution is 2.13. The van der Waals surface area contributed by atoms with Gasteiger partial charge in [0.05, 0.1) is 11.1 Å². The van der Waals surface area contributed by atoms with Gasteiger partial charge in [-0.1, -0.05) is 96.1 Å². The molecule has 1 N–H and O–H groups in total. The molecule has 0 bridgehead atoms. The van der Waals surface area contributed by atoms with E-state index in [1.165, 1.54) is 89.0 Å². The van der Waals surface area contributed by atoms with Crippen molar-refractivity contribution in [1.29, 1.82) is 0 Å². The lowest BCUT2D eigenvalue weighted by Gasteiger charge is -2.03. The molecule has 162 valence electrons. The molecule has 0 saturated carbocycles. The lowest BCUT2D eigenvalue weighted by atomic mass is 10.0. The highest BCUT2D eigenvalue weighted by molar-refractivity contribution is 5.83. The fraction of sp³-hybridized carbons (Fsp3) is 0.652. The van der Waals surface area contributed by atoms with E-state index in [2.05, 4.69) is 17.5 Å². The minimum atomic E-state index is -0.454. The van der Waals surface area contributed by atoms with Crippen LogP contribution in [0.1, 0.15) is 102 Å². The van der Waals surface area contributed by atoms with Gasteiger partial charge in [-0.2, -0.15) is 5.10 Å². The van der Waals surface area contributed by atoms with Crippen molar-refractivity contribution in [2.24, 2.45) is 5.10 Å². The zero-order chi connectivity index (χ0) is 21.2. The van der Waals surface area contributed by atoms with E-state index in [9.17, 15) is 14.9 Å². The maximum absolute atomic E-state index is 11.8. The molecule has 1 amide bonds. The second-order valence-electron chi connectivity index (χ2n) is 7.64. The number of carbonyl (C=O) groups excluding carboxylic acids is 1. The molecule has 1 aromatic rings. The Balaban J connectivity index is 1.96. The molecule has 0 aromatic heterocycles. The van der Waals surface area contributed by atoms with Crippen LogP contribution in [0.3, 0.4) is 0 Å². The van der Waals surface area contributed by atoms with E-state index in [1.807, 2.05) is 0 Å². The minimum absolute atomic E-state index is 0.00671. The molecule has 6 nitrogen and oxygen atoms in total. The SMILES string of the molecule is CCCCCCCCCCCCCCCC(=O)NN=Cc1cccc([N+](=O)[O-])c1. The van der Waals surface area contributed by atoms with E-state index in [-0.39, 0.29) is 11.6 Å². The summed E-state index contributed by atoms with van der Waals surface area (Å²) in [4.78, 5) is 22.1. The Morgan fingerprint density at radius 3 is 2.07 bits per heavy atom. The summed E-state index contributed by atoms with van der Waals surface area (Å²) in [5.74, 6) is -0.116. The highest BCUT2D eigenvalue weighted by atomic mass is 16.6. The van der Waals surface area contributed by atoms with Crippen molar-refractivity contribution in [3.05, 3.63) is 39.9 Å². The first kappa shape index (κ1) is 24.8. The summed E-state index contributed by atoms with van der Waals surface area (Å²) in [6.45, 7) is 2.25. The molecule has 0 heterocycles. The van der Waals surface area contributed by atoms with Gasteiger partial charge in [0.25, 0.3) is 5.69 Å². The monoisotopic (exact) mass is 403 g/mol. The first-order chi connectivity index (χ1) is 14.1. The molecule has 0 spiro atoms. The van der Waals surface area contributed by atoms with Crippen LogP contribution in [-0.2, 0) is 4.79 Å². The van der Waals surface area contributed by atoms with Gasteiger partial charge in [-0.3, -0.25) is 14.9 Å². The molecule has 1 aromatic carbocycles.